The van der Waals surface area contributed by atoms with Crippen LogP contribution in [0.3, 0.4) is 0 Å². The Morgan fingerprint density at radius 3 is 2.70 bits per heavy atom. The van der Waals surface area contributed by atoms with E-state index in [1.165, 1.54) is 32.2 Å². The molecule has 3 aromatic carbocycles. The molecule has 0 fully saturated rings. The molecule has 0 saturated heterocycles. The zero-order valence-corrected chi connectivity index (χ0v) is 14.5. The monoisotopic (exact) mass is 381 g/mol. The van der Waals surface area contributed by atoms with E-state index in [4.69, 9.17) is 4.74 Å². The molecule has 0 radical (unpaired) electrons. The van der Waals surface area contributed by atoms with Crippen LogP contribution in [-0.4, -0.2) is 6.73 Å². The zero-order valence-electron chi connectivity index (χ0n) is 12.1. The highest BCUT2D eigenvalue weighted by atomic mass is 79.9. The highest BCUT2D eigenvalue weighted by molar-refractivity contribution is 9.11. The molecule has 0 saturated carbocycles. The van der Waals surface area contributed by atoms with Gasteiger partial charge in [0.15, 0.2) is 6.73 Å². The maximum Gasteiger partial charge on any atom is 0.165 e. The van der Waals surface area contributed by atoms with Gasteiger partial charge in [0.25, 0.3) is 0 Å². The molecule has 1 aromatic heterocycles. The second-order valence-electron chi connectivity index (χ2n) is 5.55. The van der Waals surface area contributed by atoms with Gasteiger partial charge in [0.1, 0.15) is 5.75 Å². The number of anilines is 2. The van der Waals surface area contributed by atoms with Gasteiger partial charge in [-0.3, -0.25) is 0 Å². The van der Waals surface area contributed by atoms with E-state index in [0.717, 1.165) is 9.54 Å². The van der Waals surface area contributed by atoms with Crippen LogP contribution in [0.15, 0.2) is 64.5 Å². The molecule has 1 aliphatic rings. The topological polar surface area (TPSA) is 12.5 Å². The van der Waals surface area contributed by atoms with Crippen molar-refractivity contribution in [2.24, 2.45) is 0 Å². The van der Waals surface area contributed by atoms with E-state index in [1.807, 2.05) is 12.1 Å². The molecule has 4 heteroatoms. The van der Waals surface area contributed by atoms with Gasteiger partial charge >= 0.3 is 0 Å². The largest absolute Gasteiger partial charge is 0.472 e. The fourth-order valence-corrected chi connectivity index (χ4v) is 5.16. The van der Waals surface area contributed by atoms with Crippen molar-refractivity contribution in [1.82, 2.24) is 0 Å². The Labute approximate surface area is 146 Å². The molecular weight excluding hydrogens is 370 g/mol. The Balaban J connectivity index is 1.82. The lowest BCUT2D eigenvalue weighted by Gasteiger charge is -2.31. The Morgan fingerprint density at radius 2 is 1.78 bits per heavy atom. The molecule has 2 nitrogen and oxygen atoms in total. The van der Waals surface area contributed by atoms with Crippen molar-refractivity contribution in [3.63, 3.8) is 0 Å². The molecule has 2 heterocycles. The van der Waals surface area contributed by atoms with Crippen molar-refractivity contribution in [2.45, 2.75) is 0 Å². The maximum atomic E-state index is 6.05. The molecule has 112 valence electrons. The minimum Gasteiger partial charge on any atom is -0.472 e. The first-order chi connectivity index (χ1) is 11.3. The van der Waals surface area contributed by atoms with Crippen molar-refractivity contribution >= 4 is 59.5 Å². The van der Waals surface area contributed by atoms with Crippen molar-refractivity contribution in [3.05, 3.63) is 64.5 Å². The number of ether oxygens (including phenoxy) is 1. The van der Waals surface area contributed by atoms with Gasteiger partial charge in [0, 0.05) is 15.5 Å². The van der Waals surface area contributed by atoms with Crippen molar-refractivity contribution in [1.29, 1.82) is 0 Å². The lowest BCUT2D eigenvalue weighted by molar-refractivity contribution is 0.325. The quantitative estimate of drug-likeness (QED) is 0.383. The van der Waals surface area contributed by atoms with Crippen LogP contribution in [0.2, 0.25) is 0 Å². The first kappa shape index (κ1) is 13.4. The highest BCUT2D eigenvalue weighted by Crippen LogP contribution is 2.48. The smallest absolute Gasteiger partial charge is 0.165 e. The summed E-state index contributed by atoms with van der Waals surface area (Å²) < 4.78 is 8.46. The highest BCUT2D eigenvalue weighted by Gasteiger charge is 2.25. The third kappa shape index (κ3) is 1.92. The predicted octanol–water partition coefficient (Wildman–Crippen LogP) is 6.31. The molecule has 1 aliphatic heterocycles. The molecule has 0 atom stereocenters. The molecule has 0 amide bonds. The van der Waals surface area contributed by atoms with Crippen LogP contribution < -0.4 is 9.64 Å². The second kappa shape index (κ2) is 4.98. The van der Waals surface area contributed by atoms with Crippen LogP contribution in [-0.2, 0) is 0 Å². The lowest BCUT2D eigenvalue weighted by atomic mass is 10.1. The summed E-state index contributed by atoms with van der Waals surface area (Å²) in [4.78, 5) is 2.26. The van der Waals surface area contributed by atoms with Gasteiger partial charge in [0.2, 0.25) is 0 Å². The van der Waals surface area contributed by atoms with E-state index in [9.17, 15) is 0 Å². The van der Waals surface area contributed by atoms with Crippen LogP contribution in [0.5, 0.6) is 5.75 Å². The molecule has 5 rings (SSSR count). The number of rotatable bonds is 1. The normalized spacial score (nSPS) is 13.5. The summed E-state index contributed by atoms with van der Waals surface area (Å²) >= 11 is 5.52. The first-order valence-corrected chi connectivity index (χ1v) is 9.03. The Bertz CT molecular complexity index is 1050. The van der Waals surface area contributed by atoms with E-state index in [1.54, 1.807) is 11.3 Å². The van der Waals surface area contributed by atoms with Crippen LogP contribution in [0.4, 0.5) is 11.4 Å². The Kier molecular flexibility index (Phi) is 2.90. The van der Waals surface area contributed by atoms with E-state index in [2.05, 4.69) is 69.4 Å². The summed E-state index contributed by atoms with van der Waals surface area (Å²) in [5, 5.41) is 3.65. The molecule has 0 spiro atoms. The molecular formula is C19H12BrNOS. The van der Waals surface area contributed by atoms with Gasteiger partial charge in [-0.1, -0.05) is 42.5 Å². The molecule has 0 bridgehead atoms. The van der Waals surface area contributed by atoms with E-state index in [0.29, 0.717) is 6.73 Å². The Morgan fingerprint density at radius 1 is 0.957 bits per heavy atom. The third-order valence-electron chi connectivity index (χ3n) is 4.28. The zero-order chi connectivity index (χ0) is 15.4. The van der Waals surface area contributed by atoms with E-state index in [-0.39, 0.29) is 0 Å². The number of benzene rings is 3. The number of halogens is 1. The lowest BCUT2D eigenvalue weighted by Crippen LogP contribution is -2.26. The minimum atomic E-state index is 0.523. The van der Waals surface area contributed by atoms with Crippen molar-refractivity contribution < 1.29 is 4.74 Å². The van der Waals surface area contributed by atoms with Gasteiger partial charge < -0.3 is 9.64 Å². The van der Waals surface area contributed by atoms with Gasteiger partial charge in [-0.25, -0.2) is 0 Å². The minimum absolute atomic E-state index is 0.523. The summed E-state index contributed by atoms with van der Waals surface area (Å²) in [7, 11) is 0. The van der Waals surface area contributed by atoms with E-state index < -0.39 is 0 Å². The summed E-state index contributed by atoms with van der Waals surface area (Å²) in [6, 6.07) is 21.2. The summed E-state index contributed by atoms with van der Waals surface area (Å²) in [6.07, 6.45) is 0. The summed E-state index contributed by atoms with van der Waals surface area (Å²) in [6.45, 7) is 0.523. The SMILES string of the molecule is Brc1sc2ccccc2c1N1COc2cccc3cccc1c23. The second-order valence-corrected chi connectivity index (χ2v) is 7.92. The molecule has 0 aliphatic carbocycles. The van der Waals surface area contributed by atoms with Crippen LogP contribution >= 0.6 is 27.3 Å². The molecule has 23 heavy (non-hydrogen) atoms. The number of fused-ring (bicyclic) bond motifs is 1. The average molecular weight is 382 g/mol. The number of nitrogens with zero attached hydrogens (tertiary/aromatic N) is 1. The van der Waals surface area contributed by atoms with E-state index >= 15 is 0 Å². The van der Waals surface area contributed by atoms with Crippen LogP contribution in [0, 0.1) is 0 Å². The van der Waals surface area contributed by atoms with Gasteiger partial charge in [-0.2, -0.15) is 0 Å². The van der Waals surface area contributed by atoms with Crippen molar-refractivity contribution in [2.75, 3.05) is 11.6 Å². The van der Waals surface area contributed by atoms with Gasteiger partial charge in [0.05, 0.1) is 15.2 Å². The van der Waals surface area contributed by atoms with Crippen molar-refractivity contribution in [3.8, 4) is 5.75 Å². The maximum absolute atomic E-state index is 6.05. The third-order valence-corrected chi connectivity index (χ3v) is 6.09. The summed E-state index contributed by atoms with van der Waals surface area (Å²) in [5.74, 6) is 0.963. The molecule has 0 N–H and O–H groups in total. The number of hydrogen-bond acceptors (Lipinski definition) is 3. The molecule has 4 aromatic rings. The number of thiophene rings is 1. The average Bonchev–Trinajstić information content (AvgIpc) is 2.92. The first-order valence-electron chi connectivity index (χ1n) is 7.42. The number of hydrogen-bond donors (Lipinski definition) is 0. The van der Waals surface area contributed by atoms with Crippen LogP contribution in [0.25, 0.3) is 20.9 Å². The van der Waals surface area contributed by atoms with Crippen LogP contribution in [0.1, 0.15) is 0 Å². The predicted molar refractivity (Wildman–Crippen MR) is 101 cm³/mol. The standard InChI is InChI=1S/C19H12BrNOS/c20-19-18(13-7-1-2-10-16(13)23-19)21-11-22-15-9-4-6-12-5-3-8-14(21)17(12)15/h1-10H,11H2. The fraction of sp³-hybridized carbons (Fsp3) is 0.0526. The fourth-order valence-electron chi connectivity index (χ4n) is 3.27. The summed E-state index contributed by atoms with van der Waals surface area (Å²) in [5.41, 5.74) is 2.39. The Hall–Kier alpha value is -2.04. The van der Waals surface area contributed by atoms with Gasteiger partial charge in [-0.05, 0) is 39.5 Å². The molecule has 0 unspecified atom stereocenters. The van der Waals surface area contributed by atoms with Gasteiger partial charge in [-0.15, -0.1) is 11.3 Å².